The van der Waals surface area contributed by atoms with Crippen molar-refractivity contribution < 1.29 is 19.4 Å². The highest BCUT2D eigenvalue weighted by molar-refractivity contribution is 6.18. The van der Waals surface area contributed by atoms with Gasteiger partial charge in [-0.25, -0.2) is 0 Å². The van der Waals surface area contributed by atoms with Crippen molar-refractivity contribution in [3.05, 3.63) is 53.8 Å². The van der Waals surface area contributed by atoms with Crippen molar-refractivity contribution in [2.75, 3.05) is 19.5 Å². The van der Waals surface area contributed by atoms with Crippen LogP contribution in [-0.2, 0) is 4.79 Å². The molecule has 2 N–H and O–H groups in total. The van der Waals surface area contributed by atoms with Gasteiger partial charge in [-0.3, -0.25) is 9.79 Å². The first-order valence-electron chi connectivity index (χ1n) is 7.48. The van der Waals surface area contributed by atoms with Crippen LogP contribution >= 0.6 is 0 Å². The largest absolute Gasteiger partial charge is 0.511 e. The van der Waals surface area contributed by atoms with Gasteiger partial charge in [0.2, 0.25) is 0 Å². The molecule has 124 valence electrons. The van der Waals surface area contributed by atoms with E-state index in [0.29, 0.717) is 17.2 Å². The molecule has 0 radical (unpaired) electrons. The third-order valence-electron chi connectivity index (χ3n) is 3.96. The zero-order valence-electron chi connectivity index (χ0n) is 13.4. The van der Waals surface area contributed by atoms with E-state index in [4.69, 9.17) is 9.47 Å². The molecule has 1 aromatic carbocycles. The number of carbonyl (C=O) groups excluding carboxylic acids is 1. The van der Waals surface area contributed by atoms with Crippen LogP contribution in [0.2, 0.25) is 0 Å². The van der Waals surface area contributed by atoms with E-state index in [1.165, 1.54) is 13.3 Å². The van der Waals surface area contributed by atoms with E-state index in [9.17, 15) is 9.90 Å². The first-order valence-corrected chi connectivity index (χ1v) is 7.48. The molecule has 1 aromatic rings. The minimum atomic E-state index is -0.426. The van der Waals surface area contributed by atoms with Crippen LogP contribution in [0.15, 0.2) is 58.8 Å². The lowest BCUT2D eigenvalue weighted by atomic mass is 9.89. The number of methoxy groups -OCH3 is 2. The van der Waals surface area contributed by atoms with Crippen LogP contribution in [0.5, 0.6) is 11.5 Å². The van der Waals surface area contributed by atoms with E-state index >= 15 is 0 Å². The van der Waals surface area contributed by atoms with E-state index in [0.717, 1.165) is 0 Å². The van der Waals surface area contributed by atoms with Crippen LogP contribution in [-0.4, -0.2) is 37.5 Å². The molecule has 0 bridgehead atoms. The molecular weight excluding hydrogens is 308 g/mol. The Hall–Kier alpha value is -3.02. The second-order valence-electron chi connectivity index (χ2n) is 5.39. The minimum Gasteiger partial charge on any atom is -0.511 e. The summed E-state index contributed by atoms with van der Waals surface area (Å²) in [4.78, 5) is 16.8. The Morgan fingerprint density at radius 1 is 1.17 bits per heavy atom. The molecule has 0 saturated heterocycles. The molecule has 1 aliphatic carbocycles. The fourth-order valence-electron chi connectivity index (χ4n) is 2.68. The average molecular weight is 326 g/mol. The van der Waals surface area contributed by atoms with Crippen molar-refractivity contribution in [3.8, 4) is 11.5 Å². The number of anilines is 1. The zero-order chi connectivity index (χ0) is 17.1. The second kappa shape index (κ2) is 6.62. The standard InChI is InChI=1S/C18H18N2O4/c1-23-15-8-7-11(9-16(15)24-2)20-18(22)13-10-19-14-6-4-3-5-12(14)17(13)21/h3-10,12,14,21H,1-2H3,(H,20,22). The van der Waals surface area contributed by atoms with Crippen LogP contribution in [0.3, 0.4) is 0 Å². The van der Waals surface area contributed by atoms with Crippen LogP contribution in [0, 0.1) is 5.92 Å². The van der Waals surface area contributed by atoms with Crippen molar-refractivity contribution in [2.24, 2.45) is 10.9 Å². The van der Waals surface area contributed by atoms with Gasteiger partial charge in [-0.15, -0.1) is 0 Å². The summed E-state index contributed by atoms with van der Waals surface area (Å²) in [5.74, 6) is 0.370. The quantitative estimate of drug-likeness (QED) is 0.891. The lowest BCUT2D eigenvalue weighted by Crippen LogP contribution is -2.28. The average Bonchev–Trinajstić information content (AvgIpc) is 2.62. The van der Waals surface area contributed by atoms with Gasteiger partial charge in [0, 0.05) is 18.0 Å². The molecule has 2 aliphatic rings. The number of fused-ring (bicyclic) bond motifs is 1. The predicted molar refractivity (Wildman–Crippen MR) is 91.9 cm³/mol. The Kier molecular flexibility index (Phi) is 4.37. The van der Waals surface area contributed by atoms with Gasteiger partial charge in [0.15, 0.2) is 11.5 Å². The zero-order valence-corrected chi connectivity index (χ0v) is 13.4. The number of amides is 1. The first kappa shape index (κ1) is 15.9. The summed E-state index contributed by atoms with van der Waals surface area (Å²) < 4.78 is 10.4. The van der Waals surface area contributed by atoms with Crippen LogP contribution < -0.4 is 14.8 Å². The number of hydrogen-bond acceptors (Lipinski definition) is 5. The number of benzene rings is 1. The van der Waals surface area contributed by atoms with Gasteiger partial charge in [0.25, 0.3) is 5.91 Å². The maximum absolute atomic E-state index is 12.5. The van der Waals surface area contributed by atoms with E-state index in [-0.39, 0.29) is 23.3 Å². The number of dihydropyridines is 1. The highest BCUT2D eigenvalue weighted by Gasteiger charge is 2.29. The third kappa shape index (κ3) is 2.90. The first-order chi connectivity index (χ1) is 11.6. The summed E-state index contributed by atoms with van der Waals surface area (Å²) in [5.41, 5.74) is 0.693. The molecule has 2 unspecified atom stereocenters. The van der Waals surface area contributed by atoms with E-state index in [1.807, 2.05) is 24.3 Å². The maximum Gasteiger partial charge on any atom is 0.260 e. The molecule has 0 saturated carbocycles. The molecule has 1 amide bonds. The normalized spacial score (nSPS) is 21.4. The lowest BCUT2D eigenvalue weighted by Gasteiger charge is -2.25. The molecule has 2 atom stereocenters. The molecule has 24 heavy (non-hydrogen) atoms. The predicted octanol–water partition coefficient (Wildman–Crippen LogP) is 2.65. The minimum absolute atomic E-state index is 0.0218. The van der Waals surface area contributed by atoms with Gasteiger partial charge < -0.3 is 19.9 Å². The van der Waals surface area contributed by atoms with Crippen molar-refractivity contribution >= 4 is 17.8 Å². The SMILES string of the molecule is COc1ccc(NC(=O)C2=C(O)C3C=CC=CC3N=C2)cc1OC. The number of nitrogens with one attached hydrogen (secondary N) is 1. The number of rotatable bonds is 4. The Morgan fingerprint density at radius 2 is 1.92 bits per heavy atom. The Bertz CT molecular complexity index is 777. The number of allylic oxidation sites excluding steroid dienone is 2. The molecule has 6 nitrogen and oxygen atoms in total. The number of aliphatic hydroxyl groups excluding tert-OH is 1. The summed E-state index contributed by atoms with van der Waals surface area (Å²) in [6, 6.07) is 4.89. The van der Waals surface area contributed by atoms with Crippen LogP contribution in [0.25, 0.3) is 0 Å². The van der Waals surface area contributed by atoms with Gasteiger partial charge in [-0.2, -0.15) is 0 Å². The summed E-state index contributed by atoms with van der Waals surface area (Å²) in [6.07, 6.45) is 8.85. The van der Waals surface area contributed by atoms with Gasteiger partial charge in [0.05, 0.1) is 31.8 Å². The summed E-state index contributed by atoms with van der Waals surface area (Å²) in [7, 11) is 3.06. The fourth-order valence-corrected chi connectivity index (χ4v) is 2.68. The van der Waals surface area contributed by atoms with Gasteiger partial charge in [-0.1, -0.05) is 24.3 Å². The molecule has 3 rings (SSSR count). The van der Waals surface area contributed by atoms with Crippen molar-refractivity contribution in [2.45, 2.75) is 6.04 Å². The van der Waals surface area contributed by atoms with Gasteiger partial charge in [-0.05, 0) is 12.1 Å². The highest BCUT2D eigenvalue weighted by atomic mass is 16.5. The molecule has 6 heteroatoms. The topological polar surface area (TPSA) is 80.2 Å². The summed E-state index contributed by atoms with van der Waals surface area (Å²) in [6.45, 7) is 0. The molecular formula is C18H18N2O4. The van der Waals surface area contributed by atoms with Crippen molar-refractivity contribution in [3.63, 3.8) is 0 Å². The number of ether oxygens (including phenoxy) is 2. The highest BCUT2D eigenvalue weighted by Crippen LogP contribution is 2.31. The van der Waals surface area contributed by atoms with E-state index in [2.05, 4.69) is 10.3 Å². The molecule has 1 aliphatic heterocycles. The molecule has 0 fully saturated rings. The van der Waals surface area contributed by atoms with Gasteiger partial charge >= 0.3 is 0 Å². The van der Waals surface area contributed by atoms with Crippen molar-refractivity contribution in [1.82, 2.24) is 0 Å². The second-order valence-corrected chi connectivity index (χ2v) is 5.39. The summed E-state index contributed by atoms with van der Waals surface area (Å²) in [5, 5.41) is 13.1. The number of hydrogen-bond donors (Lipinski definition) is 2. The van der Waals surface area contributed by atoms with E-state index < -0.39 is 5.91 Å². The Morgan fingerprint density at radius 3 is 2.67 bits per heavy atom. The number of nitrogens with zero attached hydrogens (tertiary/aromatic N) is 1. The fraction of sp³-hybridized carbons (Fsp3) is 0.222. The van der Waals surface area contributed by atoms with Crippen LogP contribution in [0.1, 0.15) is 0 Å². The lowest BCUT2D eigenvalue weighted by molar-refractivity contribution is -0.112. The van der Waals surface area contributed by atoms with Crippen molar-refractivity contribution in [1.29, 1.82) is 0 Å². The number of aliphatic hydroxyl groups is 1. The van der Waals surface area contributed by atoms with Crippen LogP contribution in [0.4, 0.5) is 5.69 Å². The molecule has 0 spiro atoms. The maximum atomic E-state index is 12.5. The Labute approximate surface area is 139 Å². The molecule has 1 heterocycles. The Balaban J connectivity index is 1.81. The summed E-state index contributed by atoms with van der Waals surface area (Å²) >= 11 is 0. The smallest absolute Gasteiger partial charge is 0.260 e. The number of aliphatic imine (C=N–C) groups is 1. The third-order valence-corrected chi connectivity index (χ3v) is 3.96. The van der Waals surface area contributed by atoms with Gasteiger partial charge in [0.1, 0.15) is 5.76 Å². The monoisotopic (exact) mass is 326 g/mol. The molecule has 0 aromatic heterocycles. The van der Waals surface area contributed by atoms with E-state index in [1.54, 1.807) is 25.3 Å². The number of carbonyl (C=O) groups is 1.